The van der Waals surface area contributed by atoms with E-state index in [4.69, 9.17) is 0 Å². The van der Waals surface area contributed by atoms with Crippen molar-refractivity contribution in [3.63, 3.8) is 0 Å². The number of ether oxygens (including phenoxy) is 2. The maximum Gasteiger partial charge on any atom is 0.337 e. The lowest BCUT2D eigenvalue weighted by Gasteiger charge is -2.06. The predicted molar refractivity (Wildman–Crippen MR) is 35.4 cm³/mol. The molecule has 0 aromatic rings. The smallest absolute Gasteiger partial charge is 0.337 e. The topological polar surface area (TPSA) is 52.6 Å². The lowest BCUT2D eigenvalue weighted by molar-refractivity contribution is -0.171. The Balaban J connectivity index is 2.54. The van der Waals surface area contributed by atoms with E-state index >= 15 is 0 Å². The van der Waals surface area contributed by atoms with Crippen molar-refractivity contribution in [1.29, 1.82) is 0 Å². The van der Waals surface area contributed by atoms with Gasteiger partial charge in [0.25, 0.3) is 6.29 Å². The van der Waals surface area contributed by atoms with Gasteiger partial charge in [0.05, 0.1) is 0 Å². The molecule has 11 heavy (non-hydrogen) atoms. The highest BCUT2D eigenvalue weighted by atomic mass is 16.7. The highest BCUT2D eigenvalue weighted by Crippen LogP contribution is 2.13. The van der Waals surface area contributed by atoms with Gasteiger partial charge in [-0.05, 0) is 6.92 Å². The molecule has 0 fully saturated rings. The van der Waals surface area contributed by atoms with Crippen LogP contribution in [0.1, 0.15) is 13.8 Å². The third kappa shape index (κ3) is 1.80. The van der Waals surface area contributed by atoms with Crippen LogP contribution in [-0.4, -0.2) is 18.2 Å². The predicted octanol–water partition coefficient (Wildman–Crippen LogP) is 0.379. The molecular weight excluding hydrogens is 148 g/mol. The van der Waals surface area contributed by atoms with Crippen LogP contribution in [0.5, 0.6) is 0 Å². The van der Waals surface area contributed by atoms with E-state index in [1.165, 1.54) is 13.0 Å². The molecule has 0 saturated heterocycles. The van der Waals surface area contributed by atoms with Gasteiger partial charge in [0.2, 0.25) is 0 Å². The fourth-order valence-electron chi connectivity index (χ4n) is 0.726. The second-order valence-corrected chi connectivity index (χ2v) is 2.23. The Bertz CT molecular complexity index is 229. The van der Waals surface area contributed by atoms with Crippen LogP contribution in [0.4, 0.5) is 0 Å². The van der Waals surface area contributed by atoms with Crippen LogP contribution in [0.3, 0.4) is 0 Å². The van der Waals surface area contributed by atoms with Crippen LogP contribution in [0.25, 0.3) is 0 Å². The third-order valence-corrected chi connectivity index (χ3v) is 1.21. The molecule has 0 aromatic heterocycles. The fourth-order valence-corrected chi connectivity index (χ4v) is 0.726. The van der Waals surface area contributed by atoms with Gasteiger partial charge in [-0.1, -0.05) is 0 Å². The number of carbonyl (C=O) groups is 2. The Morgan fingerprint density at radius 3 is 2.73 bits per heavy atom. The van der Waals surface area contributed by atoms with Crippen LogP contribution in [0, 0.1) is 0 Å². The minimum Gasteiger partial charge on any atom is -0.421 e. The van der Waals surface area contributed by atoms with Crippen LogP contribution >= 0.6 is 0 Å². The number of esters is 2. The van der Waals surface area contributed by atoms with Crippen molar-refractivity contribution < 1.29 is 19.1 Å². The van der Waals surface area contributed by atoms with E-state index < -0.39 is 18.2 Å². The van der Waals surface area contributed by atoms with Gasteiger partial charge < -0.3 is 9.47 Å². The van der Waals surface area contributed by atoms with Gasteiger partial charge in [-0.25, -0.2) is 4.79 Å². The molecule has 4 nitrogen and oxygen atoms in total. The van der Waals surface area contributed by atoms with Crippen molar-refractivity contribution >= 4 is 11.9 Å². The summed E-state index contributed by atoms with van der Waals surface area (Å²) in [5.41, 5.74) is 0.469. The number of hydrogen-bond acceptors (Lipinski definition) is 4. The Kier molecular flexibility index (Phi) is 1.94. The van der Waals surface area contributed by atoms with Crippen LogP contribution in [-0.2, 0) is 19.1 Å². The molecule has 4 heteroatoms. The van der Waals surface area contributed by atoms with Crippen molar-refractivity contribution in [2.45, 2.75) is 20.1 Å². The Morgan fingerprint density at radius 2 is 2.36 bits per heavy atom. The molecule has 0 aliphatic carbocycles. The summed E-state index contributed by atoms with van der Waals surface area (Å²) in [6.07, 6.45) is 0.643. The first kappa shape index (κ1) is 7.78. The molecule has 60 valence electrons. The summed E-state index contributed by atoms with van der Waals surface area (Å²) in [5.74, 6) is -0.898. The summed E-state index contributed by atoms with van der Waals surface area (Å²) in [6, 6.07) is 0. The fraction of sp³-hybridized carbons (Fsp3) is 0.429. The van der Waals surface area contributed by atoms with E-state index in [-0.39, 0.29) is 0 Å². The molecule has 1 aliphatic heterocycles. The summed E-state index contributed by atoms with van der Waals surface area (Å²) in [6.45, 7) is 2.86. The van der Waals surface area contributed by atoms with E-state index in [1.807, 2.05) is 0 Å². The molecule has 1 heterocycles. The maximum atomic E-state index is 10.7. The molecular formula is C7H8O4. The van der Waals surface area contributed by atoms with Crippen molar-refractivity contribution in [3.05, 3.63) is 11.6 Å². The number of carbonyl (C=O) groups excluding carboxylic acids is 2. The first-order valence-corrected chi connectivity index (χ1v) is 3.16. The molecule has 0 saturated carbocycles. The van der Waals surface area contributed by atoms with E-state index in [1.54, 1.807) is 6.92 Å². The standard InChI is InChI=1S/C7H8O4/c1-4-3-6(10-5(2)8)11-7(4)9/h3,6H,1-2H3. The van der Waals surface area contributed by atoms with Gasteiger partial charge in [0.15, 0.2) is 0 Å². The van der Waals surface area contributed by atoms with Gasteiger partial charge in [-0.15, -0.1) is 0 Å². The average Bonchev–Trinajstić information content (AvgIpc) is 2.10. The number of cyclic esters (lactones) is 1. The first-order chi connectivity index (χ1) is 5.09. The normalized spacial score (nSPS) is 22.5. The summed E-state index contributed by atoms with van der Waals surface area (Å²) in [4.78, 5) is 21.1. The van der Waals surface area contributed by atoms with Gasteiger partial charge in [0.1, 0.15) is 0 Å². The quantitative estimate of drug-likeness (QED) is 0.515. The van der Waals surface area contributed by atoms with E-state index in [0.29, 0.717) is 5.57 Å². The van der Waals surface area contributed by atoms with Crippen molar-refractivity contribution in [2.75, 3.05) is 0 Å². The van der Waals surface area contributed by atoms with Gasteiger partial charge in [0, 0.05) is 18.6 Å². The zero-order chi connectivity index (χ0) is 8.43. The summed E-state index contributed by atoms with van der Waals surface area (Å²) >= 11 is 0. The molecule has 1 aliphatic rings. The maximum absolute atomic E-state index is 10.7. The molecule has 1 unspecified atom stereocenters. The second-order valence-electron chi connectivity index (χ2n) is 2.23. The summed E-state index contributed by atoms with van der Waals surface area (Å²) in [5, 5.41) is 0. The zero-order valence-electron chi connectivity index (χ0n) is 6.29. The third-order valence-electron chi connectivity index (χ3n) is 1.21. The van der Waals surface area contributed by atoms with Crippen molar-refractivity contribution in [3.8, 4) is 0 Å². The van der Waals surface area contributed by atoms with Gasteiger partial charge in [-0.2, -0.15) is 0 Å². The molecule has 0 spiro atoms. The summed E-state index contributed by atoms with van der Waals surface area (Å²) < 4.78 is 9.20. The minimum atomic E-state index is -0.819. The molecule has 0 bridgehead atoms. The monoisotopic (exact) mass is 156 g/mol. The summed E-state index contributed by atoms with van der Waals surface area (Å²) in [7, 11) is 0. The molecule has 0 aromatic carbocycles. The Labute approximate surface area is 63.8 Å². The highest BCUT2D eigenvalue weighted by molar-refractivity contribution is 5.90. The number of hydrogen-bond donors (Lipinski definition) is 0. The molecule has 1 atom stereocenters. The number of rotatable bonds is 1. The highest BCUT2D eigenvalue weighted by Gasteiger charge is 2.23. The van der Waals surface area contributed by atoms with Crippen molar-refractivity contribution in [2.24, 2.45) is 0 Å². The molecule has 1 rings (SSSR count). The lowest BCUT2D eigenvalue weighted by Crippen LogP contribution is -2.15. The SMILES string of the molecule is CC(=O)OC1C=C(C)C(=O)O1. The van der Waals surface area contributed by atoms with Crippen LogP contribution in [0.2, 0.25) is 0 Å². The van der Waals surface area contributed by atoms with E-state index in [0.717, 1.165) is 0 Å². The van der Waals surface area contributed by atoms with E-state index in [2.05, 4.69) is 9.47 Å². The second kappa shape index (κ2) is 2.74. The first-order valence-electron chi connectivity index (χ1n) is 3.16. The largest absolute Gasteiger partial charge is 0.421 e. The van der Waals surface area contributed by atoms with Gasteiger partial charge >= 0.3 is 11.9 Å². The zero-order valence-corrected chi connectivity index (χ0v) is 6.29. The van der Waals surface area contributed by atoms with Gasteiger partial charge in [-0.3, -0.25) is 4.79 Å². The van der Waals surface area contributed by atoms with Crippen LogP contribution in [0.15, 0.2) is 11.6 Å². The Morgan fingerprint density at radius 1 is 1.73 bits per heavy atom. The molecule has 0 N–H and O–H groups in total. The van der Waals surface area contributed by atoms with Crippen LogP contribution < -0.4 is 0 Å². The Hall–Kier alpha value is -1.32. The van der Waals surface area contributed by atoms with E-state index in [9.17, 15) is 9.59 Å². The molecule has 0 radical (unpaired) electrons. The minimum absolute atomic E-state index is 0.434. The average molecular weight is 156 g/mol. The molecule has 0 amide bonds. The lowest BCUT2D eigenvalue weighted by atomic mass is 10.3. The van der Waals surface area contributed by atoms with Crippen molar-refractivity contribution in [1.82, 2.24) is 0 Å².